The zero-order chi connectivity index (χ0) is 17.9. The molecule has 0 aromatic rings. The summed E-state index contributed by atoms with van der Waals surface area (Å²) < 4.78 is 5.10. The maximum Gasteiger partial charge on any atom is 0.329 e. The summed E-state index contributed by atoms with van der Waals surface area (Å²) in [6, 6.07) is -1.02. The molecule has 4 atom stereocenters. The summed E-state index contributed by atoms with van der Waals surface area (Å²) in [6.07, 6.45) is 3.73. The molecule has 1 saturated carbocycles. The van der Waals surface area contributed by atoms with Crippen molar-refractivity contribution in [2.75, 3.05) is 6.54 Å². The molecule has 2 fully saturated rings. The van der Waals surface area contributed by atoms with Crippen LogP contribution in [0.3, 0.4) is 0 Å². The largest absolute Gasteiger partial charge is 0.451 e. The highest BCUT2D eigenvalue weighted by atomic mass is 16.5. The Morgan fingerprint density at radius 3 is 2.29 bits per heavy atom. The zero-order valence-electron chi connectivity index (χ0n) is 14.1. The molecule has 2 aliphatic rings. The highest BCUT2D eigenvalue weighted by Crippen LogP contribution is 2.38. The Kier molecular flexibility index (Phi) is 5.75. The third-order valence-corrected chi connectivity index (χ3v) is 4.69. The van der Waals surface area contributed by atoms with Crippen LogP contribution in [0.15, 0.2) is 12.7 Å². The maximum atomic E-state index is 12.5. The summed E-state index contributed by atoms with van der Waals surface area (Å²) in [4.78, 5) is 49.9. The van der Waals surface area contributed by atoms with Crippen LogP contribution in [0.1, 0.15) is 39.5 Å². The predicted octanol–water partition coefficient (Wildman–Crippen LogP) is 0.784. The van der Waals surface area contributed by atoms with Crippen molar-refractivity contribution >= 4 is 23.7 Å². The normalized spacial score (nSPS) is 25.7. The number of esters is 1. The molecular weight excluding hydrogens is 312 g/mol. The van der Waals surface area contributed by atoms with Crippen LogP contribution in [0.5, 0.6) is 0 Å². The minimum atomic E-state index is -1.02. The molecule has 0 aromatic heterocycles. The lowest BCUT2D eigenvalue weighted by atomic mass is 9.81. The van der Waals surface area contributed by atoms with Crippen molar-refractivity contribution < 1.29 is 23.9 Å². The third-order valence-electron chi connectivity index (χ3n) is 4.69. The molecule has 1 aliphatic heterocycles. The molecule has 7 nitrogen and oxygen atoms in total. The number of nitrogens with one attached hydrogen (secondary N) is 1. The van der Waals surface area contributed by atoms with Crippen LogP contribution in [0.25, 0.3) is 0 Å². The number of likely N-dealkylation sites (tertiary alicyclic amines) is 1. The molecule has 132 valence electrons. The van der Waals surface area contributed by atoms with Crippen molar-refractivity contribution in [3.05, 3.63) is 12.7 Å². The molecule has 0 radical (unpaired) electrons. The molecular formula is C17H24N2O5. The highest BCUT2D eigenvalue weighted by Gasteiger charge is 2.51. The molecule has 24 heavy (non-hydrogen) atoms. The van der Waals surface area contributed by atoms with Gasteiger partial charge in [0.1, 0.15) is 6.04 Å². The zero-order valence-corrected chi connectivity index (χ0v) is 14.1. The van der Waals surface area contributed by atoms with E-state index < -0.39 is 24.0 Å². The second-order valence-corrected chi connectivity index (χ2v) is 6.33. The fraction of sp³-hybridized carbons (Fsp3) is 0.647. The van der Waals surface area contributed by atoms with Crippen molar-refractivity contribution in [1.29, 1.82) is 0 Å². The number of hydrogen-bond donors (Lipinski definition) is 1. The number of imide groups is 1. The Morgan fingerprint density at radius 1 is 1.25 bits per heavy atom. The Hall–Kier alpha value is -2.18. The van der Waals surface area contributed by atoms with Gasteiger partial charge in [0.2, 0.25) is 11.8 Å². The lowest BCUT2D eigenvalue weighted by Gasteiger charge is -2.23. The standard InChI is InChI=1S/C17H24N2O5/c1-4-9-18-14(20)11(3)24-17(23)10(2)19-15(21)12-7-5-6-8-13(12)16(19)22/h4,10-13H,1,5-9H2,2-3H3,(H,18,20)/t10-,11-,12-,13+/m0/s1. The smallest absolute Gasteiger partial charge is 0.329 e. The van der Waals surface area contributed by atoms with Gasteiger partial charge in [-0.1, -0.05) is 18.9 Å². The third kappa shape index (κ3) is 3.49. The number of nitrogens with zero attached hydrogens (tertiary/aromatic N) is 1. The molecule has 7 heteroatoms. The molecule has 1 heterocycles. The van der Waals surface area contributed by atoms with E-state index in [1.54, 1.807) is 0 Å². The van der Waals surface area contributed by atoms with E-state index in [1.165, 1.54) is 19.9 Å². The van der Waals surface area contributed by atoms with Crippen molar-refractivity contribution in [3.8, 4) is 0 Å². The molecule has 3 amide bonds. The number of fused-ring (bicyclic) bond motifs is 1. The first-order valence-electron chi connectivity index (χ1n) is 8.34. The average Bonchev–Trinajstić information content (AvgIpc) is 2.83. The fourth-order valence-corrected chi connectivity index (χ4v) is 3.32. The topological polar surface area (TPSA) is 92.8 Å². The van der Waals surface area contributed by atoms with E-state index in [9.17, 15) is 19.2 Å². The first kappa shape index (κ1) is 18.2. The van der Waals surface area contributed by atoms with Gasteiger partial charge in [0.25, 0.3) is 5.91 Å². The Labute approximate surface area is 141 Å². The van der Waals surface area contributed by atoms with E-state index in [-0.39, 0.29) is 30.2 Å². The van der Waals surface area contributed by atoms with Gasteiger partial charge in [0.05, 0.1) is 11.8 Å². The quantitative estimate of drug-likeness (QED) is 0.440. The summed E-state index contributed by atoms with van der Waals surface area (Å²) in [7, 11) is 0. The maximum absolute atomic E-state index is 12.5. The number of rotatable bonds is 6. The van der Waals surface area contributed by atoms with Gasteiger partial charge in [-0.25, -0.2) is 4.79 Å². The fourth-order valence-electron chi connectivity index (χ4n) is 3.32. The molecule has 2 rings (SSSR count). The van der Waals surface area contributed by atoms with Crippen LogP contribution in [0.4, 0.5) is 0 Å². The summed E-state index contributed by atoms with van der Waals surface area (Å²) in [5.41, 5.74) is 0. The van der Waals surface area contributed by atoms with Crippen molar-refractivity contribution in [3.63, 3.8) is 0 Å². The van der Waals surface area contributed by atoms with Gasteiger partial charge >= 0.3 is 5.97 Å². The van der Waals surface area contributed by atoms with Gasteiger partial charge in [0.15, 0.2) is 6.10 Å². The lowest BCUT2D eigenvalue weighted by Crippen LogP contribution is -2.46. The lowest BCUT2D eigenvalue weighted by molar-refractivity contribution is -0.164. The number of ether oxygens (including phenoxy) is 1. The molecule has 0 aromatic carbocycles. The number of hydrogen-bond acceptors (Lipinski definition) is 5. The average molecular weight is 336 g/mol. The minimum absolute atomic E-state index is 0.267. The van der Waals surface area contributed by atoms with Crippen molar-refractivity contribution in [2.45, 2.75) is 51.7 Å². The Morgan fingerprint density at radius 2 is 1.79 bits per heavy atom. The Bertz CT molecular complexity index is 535. The monoisotopic (exact) mass is 336 g/mol. The SMILES string of the molecule is C=CCNC(=O)[C@H](C)OC(=O)[C@H](C)N1C(=O)[C@H]2CCCC[C@H]2C1=O. The molecule has 0 unspecified atom stereocenters. The van der Waals surface area contributed by atoms with Gasteiger partial charge in [0, 0.05) is 6.54 Å². The van der Waals surface area contributed by atoms with Gasteiger partial charge in [-0.05, 0) is 26.7 Å². The van der Waals surface area contributed by atoms with Gasteiger partial charge in [-0.15, -0.1) is 6.58 Å². The van der Waals surface area contributed by atoms with E-state index in [0.717, 1.165) is 17.7 Å². The Balaban J connectivity index is 1.99. The summed E-state index contributed by atoms with van der Waals surface area (Å²) in [5.74, 6) is -2.42. The number of carbonyl (C=O) groups excluding carboxylic acids is 4. The van der Waals surface area contributed by atoms with Gasteiger partial charge < -0.3 is 10.1 Å². The first-order chi connectivity index (χ1) is 11.4. The van der Waals surface area contributed by atoms with Crippen LogP contribution >= 0.6 is 0 Å². The molecule has 1 saturated heterocycles. The van der Waals surface area contributed by atoms with Crippen LogP contribution in [0, 0.1) is 11.8 Å². The van der Waals surface area contributed by atoms with Crippen LogP contribution in [-0.4, -0.2) is 47.3 Å². The number of carbonyl (C=O) groups is 4. The number of amides is 3. The molecule has 0 spiro atoms. The highest BCUT2D eigenvalue weighted by molar-refractivity contribution is 6.07. The predicted molar refractivity (Wildman–Crippen MR) is 85.5 cm³/mol. The van der Waals surface area contributed by atoms with E-state index in [1.807, 2.05) is 0 Å². The summed E-state index contributed by atoms with van der Waals surface area (Å²) >= 11 is 0. The summed E-state index contributed by atoms with van der Waals surface area (Å²) in [6.45, 7) is 6.65. The molecule has 0 bridgehead atoms. The van der Waals surface area contributed by atoms with Crippen molar-refractivity contribution in [1.82, 2.24) is 10.2 Å². The van der Waals surface area contributed by atoms with Crippen molar-refractivity contribution in [2.24, 2.45) is 11.8 Å². The molecule has 1 aliphatic carbocycles. The van der Waals surface area contributed by atoms with Gasteiger partial charge in [-0.3, -0.25) is 19.3 Å². The minimum Gasteiger partial charge on any atom is -0.451 e. The van der Waals surface area contributed by atoms with Gasteiger partial charge in [-0.2, -0.15) is 0 Å². The van der Waals surface area contributed by atoms with E-state index in [2.05, 4.69) is 11.9 Å². The molecule has 1 N–H and O–H groups in total. The van der Waals surface area contributed by atoms with Crippen LogP contribution in [0.2, 0.25) is 0 Å². The van der Waals surface area contributed by atoms with E-state index in [0.29, 0.717) is 12.8 Å². The second kappa shape index (κ2) is 7.59. The first-order valence-corrected chi connectivity index (χ1v) is 8.34. The summed E-state index contributed by atoms with van der Waals surface area (Å²) in [5, 5.41) is 2.52. The van der Waals surface area contributed by atoms with Crippen LogP contribution < -0.4 is 5.32 Å². The van der Waals surface area contributed by atoms with E-state index >= 15 is 0 Å². The van der Waals surface area contributed by atoms with Crippen LogP contribution in [-0.2, 0) is 23.9 Å². The second-order valence-electron chi connectivity index (χ2n) is 6.33. The van der Waals surface area contributed by atoms with E-state index in [4.69, 9.17) is 4.74 Å².